The lowest BCUT2D eigenvalue weighted by atomic mass is 9.74. The first kappa shape index (κ1) is 25.0. The van der Waals surface area contributed by atoms with Crippen molar-refractivity contribution in [2.24, 2.45) is 0 Å². The average Bonchev–Trinajstić information content (AvgIpc) is 3.54. The standard InChI is InChI=1S/C27H32N2O3S3/c1-28(35(31,32)24-7-3-2-4-8-24)19-22(23-12-18-33-20-23)11-15-29(30)16-13-27(14-17-29)21-34-26-10-6-5-9-25(26)27/h2-10,12,18,20,22H,11,13-17,19,21H2,1H3. The van der Waals surface area contributed by atoms with Crippen LogP contribution in [0.5, 0.6) is 0 Å². The maximum absolute atomic E-state index is 13.8. The number of thioether (sulfide) groups is 1. The van der Waals surface area contributed by atoms with E-state index >= 15 is 0 Å². The molecule has 1 spiro atoms. The van der Waals surface area contributed by atoms with Gasteiger partial charge in [0.25, 0.3) is 0 Å². The maximum atomic E-state index is 13.8. The van der Waals surface area contributed by atoms with Crippen LogP contribution in [0.1, 0.15) is 36.3 Å². The summed E-state index contributed by atoms with van der Waals surface area (Å²) < 4.78 is 27.5. The summed E-state index contributed by atoms with van der Waals surface area (Å²) in [6, 6.07) is 19.3. The van der Waals surface area contributed by atoms with Crippen molar-refractivity contribution in [3.05, 3.63) is 87.8 Å². The molecule has 1 saturated heterocycles. The summed E-state index contributed by atoms with van der Waals surface area (Å²) in [5, 5.41) is 17.9. The molecule has 1 atom stereocenters. The minimum absolute atomic E-state index is 0.00710. The van der Waals surface area contributed by atoms with Crippen molar-refractivity contribution in [2.75, 3.05) is 39.0 Å². The molecule has 2 aliphatic heterocycles. The molecule has 2 aliphatic rings. The lowest BCUT2D eigenvalue weighted by Gasteiger charge is -2.51. The number of benzene rings is 2. The van der Waals surface area contributed by atoms with Crippen molar-refractivity contribution in [1.82, 2.24) is 4.31 Å². The Bertz CT molecular complexity index is 1240. The quantitative estimate of drug-likeness (QED) is 0.278. The average molecular weight is 529 g/mol. The van der Waals surface area contributed by atoms with E-state index in [-0.39, 0.29) is 16.0 Å². The molecule has 5 nitrogen and oxygen atoms in total. The van der Waals surface area contributed by atoms with Crippen molar-refractivity contribution < 1.29 is 13.1 Å². The summed E-state index contributed by atoms with van der Waals surface area (Å²) in [6.07, 6.45) is 2.52. The smallest absolute Gasteiger partial charge is 0.242 e. The van der Waals surface area contributed by atoms with Gasteiger partial charge in [-0.05, 0) is 46.2 Å². The first-order valence-corrected chi connectivity index (χ1v) is 15.5. The molecular formula is C27H32N2O3S3. The van der Waals surface area contributed by atoms with E-state index in [1.807, 2.05) is 23.2 Å². The zero-order valence-corrected chi connectivity index (χ0v) is 22.5. The van der Waals surface area contributed by atoms with Crippen LogP contribution < -0.4 is 0 Å². The molecule has 0 aliphatic carbocycles. The van der Waals surface area contributed by atoms with Crippen molar-refractivity contribution in [1.29, 1.82) is 0 Å². The van der Waals surface area contributed by atoms with Crippen molar-refractivity contribution in [3.63, 3.8) is 0 Å². The summed E-state index contributed by atoms with van der Waals surface area (Å²) in [7, 11) is -1.93. The van der Waals surface area contributed by atoms with Crippen LogP contribution in [-0.2, 0) is 15.4 Å². The van der Waals surface area contributed by atoms with Crippen LogP contribution in [0.25, 0.3) is 0 Å². The Morgan fingerprint density at radius 3 is 2.49 bits per heavy atom. The van der Waals surface area contributed by atoms with Crippen molar-refractivity contribution in [2.45, 2.75) is 40.4 Å². The van der Waals surface area contributed by atoms with Gasteiger partial charge in [0.15, 0.2) is 0 Å². The highest BCUT2D eigenvalue weighted by atomic mass is 32.2. The highest BCUT2D eigenvalue weighted by molar-refractivity contribution is 7.99. The normalized spacial score (nSPS) is 25.1. The van der Waals surface area contributed by atoms with Gasteiger partial charge < -0.3 is 9.85 Å². The molecule has 2 aromatic carbocycles. The van der Waals surface area contributed by atoms with E-state index in [0.717, 1.165) is 24.2 Å². The molecule has 0 bridgehead atoms. The second-order valence-corrected chi connectivity index (χ2v) is 13.8. The van der Waals surface area contributed by atoms with Crippen LogP contribution in [0.2, 0.25) is 0 Å². The van der Waals surface area contributed by atoms with Crippen LogP contribution in [0.4, 0.5) is 0 Å². The fourth-order valence-corrected chi connectivity index (χ4v) is 8.95. The van der Waals surface area contributed by atoms with Gasteiger partial charge >= 0.3 is 0 Å². The van der Waals surface area contributed by atoms with Crippen LogP contribution in [0.15, 0.2) is 81.2 Å². The predicted molar refractivity (Wildman–Crippen MR) is 144 cm³/mol. The Labute approximate surface area is 217 Å². The summed E-state index contributed by atoms with van der Waals surface area (Å²) >= 11 is 3.54. The fraction of sp³-hybridized carbons (Fsp3) is 0.407. The number of quaternary nitrogens is 1. The molecule has 1 fully saturated rings. The molecule has 5 rings (SSSR count). The zero-order valence-electron chi connectivity index (χ0n) is 20.0. The first-order chi connectivity index (χ1) is 16.8. The van der Waals surface area contributed by atoms with E-state index < -0.39 is 10.0 Å². The van der Waals surface area contributed by atoms with Gasteiger partial charge in [0, 0.05) is 54.8 Å². The minimum atomic E-state index is -3.58. The van der Waals surface area contributed by atoms with E-state index in [2.05, 4.69) is 35.7 Å². The predicted octanol–water partition coefficient (Wildman–Crippen LogP) is 5.69. The number of hydrogen-bond acceptors (Lipinski definition) is 5. The third-order valence-electron chi connectivity index (χ3n) is 7.79. The Hall–Kier alpha value is -1.68. The third kappa shape index (κ3) is 5.10. The number of sulfonamides is 1. The highest BCUT2D eigenvalue weighted by Gasteiger charge is 2.44. The number of hydrogen-bond donors (Lipinski definition) is 0. The second-order valence-electron chi connectivity index (χ2n) is 9.93. The van der Waals surface area contributed by atoms with Crippen LogP contribution in [0, 0.1) is 5.21 Å². The summed E-state index contributed by atoms with van der Waals surface area (Å²) in [4.78, 5) is 1.67. The molecular weight excluding hydrogens is 497 g/mol. The lowest BCUT2D eigenvalue weighted by molar-refractivity contribution is -0.887. The molecule has 0 radical (unpaired) electrons. The summed E-state index contributed by atoms with van der Waals surface area (Å²) in [5.41, 5.74) is 2.69. The van der Waals surface area contributed by atoms with E-state index in [9.17, 15) is 13.6 Å². The molecule has 35 heavy (non-hydrogen) atoms. The number of rotatable bonds is 8. The maximum Gasteiger partial charge on any atom is 0.242 e. The van der Waals surface area contributed by atoms with Gasteiger partial charge in [0.1, 0.15) is 0 Å². The van der Waals surface area contributed by atoms with Gasteiger partial charge in [-0.2, -0.15) is 11.3 Å². The molecule has 0 amide bonds. The minimum Gasteiger partial charge on any atom is -0.633 e. The van der Waals surface area contributed by atoms with E-state index in [1.54, 1.807) is 42.6 Å². The van der Waals surface area contributed by atoms with Gasteiger partial charge in [-0.1, -0.05) is 36.4 Å². The van der Waals surface area contributed by atoms with Crippen LogP contribution >= 0.6 is 23.1 Å². The van der Waals surface area contributed by atoms with E-state index in [4.69, 9.17) is 0 Å². The van der Waals surface area contributed by atoms with Crippen LogP contribution in [-0.4, -0.2) is 56.3 Å². The van der Waals surface area contributed by atoms with E-state index in [0.29, 0.717) is 37.5 Å². The lowest BCUT2D eigenvalue weighted by Crippen LogP contribution is -2.53. The summed E-state index contributed by atoms with van der Waals surface area (Å²) in [5.74, 6) is 1.07. The molecule has 1 unspecified atom stereocenters. The van der Waals surface area contributed by atoms with Gasteiger partial charge in [0.2, 0.25) is 10.0 Å². The summed E-state index contributed by atoms with van der Waals surface area (Å²) in [6.45, 7) is 2.14. The van der Waals surface area contributed by atoms with Gasteiger partial charge in [0.05, 0.1) is 24.5 Å². The Kier molecular flexibility index (Phi) is 7.14. The van der Waals surface area contributed by atoms with Crippen molar-refractivity contribution >= 4 is 33.1 Å². The first-order valence-electron chi connectivity index (χ1n) is 12.1. The van der Waals surface area contributed by atoms with Gasteiger partial charge in [-0.15, -0.1) is 11.8 Å². The third-order valence-corrected chi connectivity index (χ3v) is 11.7. The zero-order chi connectivity index (χ0) is 24.5. The Morgan fingerprint density at radius 2 is 1.77 bits per heavy atom. The monoisotopic (exact) mass is 528 g/mol. The highest BCUT2D eigenvalue weighted by Crippen LogP contribution is 2.50. The fourth-order valence-electron chi connectivity index (χ4n) is 5.48. The molecule has 8 heteroatoms. The van der Waals surface area contributed by atoms with E-state index in [1.165, 1.54) is 14.8 Å². The molecule has 0 saturated carbocycles. The molecule has 186 valence electrons. The number of likely N-dealkylation sites (N-methyl/N-ethyl adjacent to an activating group) is 1. The Balaban J connectivity index is 1.26. The second kappa shape index (κ2) is 10.00. The van der Waals surface area contributed by atoms with Gasteiger partial charge in [-0.25, -0.2) is 12.7 Å². The molecule has 0 N–H and O–H groups in total. The number of hydroxylamine groups is 3. The SMILES string of the molecule is CN(CC(CC[N+]1([O-])CCC2(CC1)CSc1ccccc12)c1ccsc1)S(=O)(=O)c1ccccc1. The molecule has 3 aromatic rings. The number of likely N-dealkylation sites (tertiary alicyclic amines) is 1. The number of fused-ring (bicyclic) bond motifs is 2. The topological polar surface area (TPSA) is 60.4 Å². The van der Waals surface area contributed by atoms with Crippen molar-refractivity contribution in [3.8, 4) is 0 Å². The number of nitrogens with zero attached hydrogens (tertiary/aromatic N) is 2. The largest absolute Gasteiger partial charge is 0.633 e. The van der Waals surface area contributed by atoms with Crippen LogP contribution in [0.3, 0.4) is 0 Å². The van der Waals surface area contributed by atoms with Gasteiger partial charge in [-0.3, -0.25) is 0 Å². The number of thiophene rings is 1. The Morgan fingerprint density at radius 1 is 1.06 bits per heavy atom. The molecule has 3 heterocycles. The molecule has 1 aromatic heterocycles. The number of piperidine rings is 1.